The summed E-state index contributed by atoms with van der Waals surface area (Å²) in [5.41, 5.74) is 1.22. The summed E-state index contributed by atoms with van der Waals surface area (Å²) in [5, 5.41) is 0. The zero-order chi connectivity index (χ0) is 12.3. The van der Waals surface area contributed by atoms with Crippen LogP contribution < -0.4 is 0 Å². The largest absolute Gasteiger partial charge is 0.497 e. The van der Waals surface area contributed by atoms with Crippen molar-refractivity contribution in [1.82, 2.24) is 0 Å². The average Bonchev–Trinajstić information content (AvgIpc) is 2.39. The van der Waals surface area contributed by atoms with Crippen molar-refractivity contribution >= 4 is 0 Å². The first-order chi connectivity index (χ1) is 8.36. The van der Waals surface area contributed by atoms with Crippen molar-refractivity contribution in [2.24, 2.45) is 5.92 Å². The maximum absolute atomic E-state index is 5.55. The Morgan fingerprint density at radius 1 is 1.18 bits per heavy atom. The molecule has 0 aliphatic carbocycles. The molecule has 94 valence electrons. The summed E-state index contributed by atoms with van der Waals surface area (Å²) in [6, 6.07) is 10.3. The first-order valence-corrected chi connectivity index (χ1v) is 6.69. The molecule has 1 aromatic rings. The van der Waals surface area contributed by atoms with E-state index in [0.717, 1.165) is 0 Å². The summed E-state index contributed by atoms with van der Waals surface area (Å²) in [7, 11) is 0. The van der Waals surface area contributed by atoms with Crippen LogP contribution in [0, 0.1) is 5.92 Å². The molecule has 0 radical (unpaired) electrons. The first-order valence-electron chi connectivity index (χ1n) is 6.69. The minimum atomic E-state index is 0.668. The van der Waals surface area contributed by atoms with Crippen molar-refractivity contribution in [3.8, 4) is 0 Å². The van der Waals surface area contributed by atoms with E-state index in [-0.39, 0.29) is 0 Å². The van der Waals surface area contributed by atoms with E-state index in [1.165, 1.54) is 31.2 Å². The molecule has 0 bridgehead atoms. The van der Waals surface area contributed by atoms with Gasteiger partial charge in [0.2, 0.25) is 0 Å². The second-order valence-electron chi connectivity index (χ2n) is 4.44. The number of hydrogen-bond acceptors (Lipinski definition) is 1. The van der Waals surface area contributed by atoms with E-state index in [2.05, 4.69) is 32.1 Å². The van der Waals surface area contributed by atoms with Crippen LogP contribution in [0.15, 0.2) is 42.7 Å². The molecule has 0 aliphatic rings. The van der Waals surface area contributed by atoms with E-state index in [1.807, 2.05) is 24.5 Å². The van der Waals surface area contributed by atoms with Gasteiger partial charge >= 0.3 is 0 Å². The Labute approximate surface area is 106 Å². The van der Waals surface area contributed by atoms with Gasteiger partial charge in [-0.3, -0.25) is 0 Å². The third-order valence-electron chi connectivity index (χ3n) is 2.99. The second kappa shape index (κ2) is 8.86. The average molecular weight is 232 g/mol. The molecular formula is C16H24O. The molecule has 1 unspecified atom stereocenters. The van der Waals surface area contributed by atoms with Gasteiger partial charge in [0.05, 0.1) is 6.26 Å². The molecule has 1 atom stereocenters. The quantitative estimate of drug-likeness (QED) is 0.577. The van der Waals surface area contributed by atoms with Gasteiger partial charge in [-0.1, -0.05) is 57.0 Å². The summed E-state index contributed by atoms with van der Waals surface area (Å²) in [6.45, 7) is 5.14. The van der Waals surface area contributed by atoms with Gasteiger partial charge < -0.3 is 4.74 Å². The molecule has 0 amide bonds. The van der Waals surface area contributed by atoms with Gasteiger partial charge in [0.1, 0.15) is 6.61 Å². The number of rotatable bonds is 8. The van der Waals surface area contributed by atoms with Crippen molar-refractivity contribution in [2.75, 3.05) is 0 Å². The molecule has 0 saturated carbocycles. The maximum atomic E-state index is 5.55. The lowest BCUT2D eigenvalue weighted by Gasteiger charge is -2.08. The predicted octanol–water partition coefficient (Wildman–Crippen LogP) is 4.93. The number of hydrogen-bond donors (Lipinski definition) is 0. The Hall–Kier alpha value is -1.24. The van der Waals surface area contributed by atoms with Crippen LogP contribution in [0.3, 0.4) is 0 Å². The fourth-order valence-corrected chi connectivity index (χ4v) is 1.79. The molecule has 0 spiro atoms. The summed E-state index contributed by atoms with van der Waals surface area (Å²) >= 11 is 0. The molecule has 1 nitrogen and oxygen atoms in total. The lowest BCUT2D eigenvalue weighted by Crippen LogP contribution is -1.94. The summed E-state index contributed by atoms with van der Waals surface area (Å²) < 4.78 is 5.55. The fraction of sp³-hybridized carbons (Fsp3) is 0.500. The third kappa shape index (κ3) is 6.15. The molecule has 1 aromatic carbocycles. The van der Waals surface area contributed by atoms with E-state index >= 15 is 0 Å². The van der Waals surface area contributed by atoms with Gasteiger partial charge in [0.25, 0.3) is 0 Å². The number of unbranched alkanes of at least 4 members (excludes halogenated alkanes) is 1. The topological polar surface area (TPSA) is 9.23 Å². The molecule has 1 heteroatoms. The highest BCUT2D eigenvalue weighted by atomic mass is 16.5. The molecule has 0 N–H and O–H groups in total. The molecular weight excluding hydrogens is 208 g/mol. The number of allylic oxidation sites excluding steroid dienone is 1. The minimum Gasteiger partial charge on any atom is -0.497 e. The van der Waals surface area contributed by atoms with E-state index in [9.17, 15) is 0 Å². The summed E-state index contributed by atoms with van der Waals surface area (Å²) in [5.74, 6) is 0.672. The molecule has 0 heterocycles. The Kier molecular flexibility index (Phi) is 7.20. The summed E-state index contributed by atoms with van der Waals surface area (Å²) in [6.07, 6.45) is 9.13. The summed E-state index contributed by atoms with van der Waals surface area (Å²) in [4.78, 5) is 0. The minimum absolute atomic E-state index is 0.668. The van der Waals surface area contributed by atoms with Crippen LogP contribution in [0.4, 0.5) is 0 Å². The zero-order valence-corrected chi connectivity index (χ0v) is 11.1. The van der Waals surface area contributed by atoms with Crippen LogP contribution >= 0.6 is 0 Å². The lowest BCUT2D eigenvalue weighted by atomic mass is 10.00. The van der Waals surface area contributed by atoms with Gasteiger partial charge in [-0.05, 0) is 30.4 Å². The van der Waals surface area contributed by atoms with Crippen molar-refractivity contribution in [2.45, 2.75) is 46.1 Å². The number of benzene rings is 1. The van der Waals surface area contributed by atoms with E-state index in [4.69, 9.17) is 4.74 Å². The Balaban J connectivity index is 2.24. The molecule has 0 aromatic heterocycles. The smallest absolute Gasteiger partial charge is 0.112 e. The van der Waals surface area contributed by atoms with Crippen LogP contribution in [0.2, 0.25) is 0 Å². The Morgan fingerprint density at radius 3 is 2.59 bits per heavy atom. The van der Waals surface area contributed by atoms with E-state index in [1.54, 1.807) is 0 Å². The van der Waals surface area contributed by atoms with Crippen molar-refractivity contribution in [3.05, 3.63) is 48.2 Å². The van der Waals surface area contributed by atoms with Gasteiger partial charge in [0.15, 0.2) is 0 Å². The normalized spacial score (nSPS) is 12.8. The van der Waals surface area contributed by atoms with Crippen LogP contribution in [0.25, 0.3) is 0 Å². The molecule has 0 aliphatic heterocycles. The standard InChI is InChI=1S/C16H24O/c1-3-5-9-15(4-2)12-13-17-14-16-10-7-6-8-11-16/h6-8,10-13,15H,3-5,9,14H2,1-2H3/b13-12+. The van der Waals surface area contributed by atoms with Gasteiger partial charge in [-0.25, -0.2) is 0 Å². The predicted molar refractivity (Wildman–Crippen MR) is 73.7 cm³/mol. The SMILES string of the molecule is CCCCC(/C=C/OCc1ccccc1)CC. The van der Waals surface area contributed by atoms with E-state index in [0.29, 0.717) is 12.5 Å². The Morgan fingerprint density at radius 2 is 1.94 bits per heavy atom. The van der Waals surface area contributed by atoms with Crippen molar-refractivity contribution in [3.63, 3.8) is 0 Å². The maximum Gasteiger partial charge on any atom is 0.112 e. The van der Waals surface area contributed by atoms with Gasteiger partial charge in [-0.15, -0.1) is 0 Å². The second-order valence-corrected chi connectivity index (χ2v) is 4.44. The zero-order valence-electron chi connectivity index (χ0n) is 11.1. The van der Waals surface area contributed by atoms with Crippen LogP contribution in [0.5, 0.6) is 0 Å². The fourth-order valence-electron chi connectivity index (χ4n) is 1.79. The molecule has 17 heavy (non-hydrogen) atoms. The molecule has 0 fully saturated rings. The highest BCUT2D eigenvalue weighted by Crippen LogP contribution is 2.14. The van der Waals surface area contributed by atoms with E-state index < -0.39 is 0 Å². The van der Waals surface area contributed by atoms with Gasteiger partial charge in [0, 0.05) is 0 Å². The molecule has 0 saturated heterocycles. The van der Waals surface area contributed by atoms with Crippen molar-refractivity contribution < 1.29 is 4.74 Å². The van der Waals surface area contributed by atoms with Crippen molar-refractivity contribution in [1.29, 1.82) is 0 Å². The van der Waals surface area contributed by atoms with Crippen LogP contribution in [-0.4, -0.2) is 0 Å². The number of ether oxygens (including phenoxy) is 1. The monoisotopic (exact) mass is 232 g/mol. The highest BCUT2D eigenvalue weighted by molar-refractivity contribution is 5.13. The van der Waals surface area contributed by atoms with Gasteiger partial charge in [-0.2, -0.15) is 0 Å². The van der Waals surface area contributed by atoms with Crippen LogP contribution in [-0.2, 0) is 11.3 Å². The molecule has 1 rings (SSSR count). The third-order valence-corrected chi connectivity index (χ3v) is 2.99. The Bertz CT molecular complexity index is 303. The van der Waals surface area contributed by atoms with Crippen LogP contribution in [0.1, 0.15) is 45.1 Å². The first kappa shape index (κ1) is 13.8. The highest BCUT2D eigenvalue weighted by Gasteiger charge is 2.00. The lowest BCUT2D eigenvalue weighted by molar-refractivity contribution is 0.233.